The topological polar surface area (TPSA) is 55.1 Å². The van der Waals surface area contributed by atoms with Crippen molar-refractivity contribution < 1.29 is 4.79 Å². The van der Waals surface area contributed by atoms with Gasteiger partial charge in [0.05, 0.1) is 5.25 Å². The highest BCUT2D eigenvalue weighted by Crippen LogP contribution is 2.20. The molecule has 0 fully saturated rings. The summed E-state index contributed by atoms with van der Waals surface area (Å²) < 4.78 is 0. The molecule has 3 N–H and O–H groups in total. The molecule has 1 unspecified atom stereocenters. The Morgan fingerprint density at radius 2 is 1.80 bits per heavy atom. The third-order valence-corrected chi connectivity index (χ3v) is 4.10. The van der Waals surface area contributed by atoms with Crippen LogP contribution in [0.2, 0.25) is 0 Å². The summed E-state index contributed by atoms with van der Waals surface area (Å²) in [7, 11) is 0. The maximum atomic E-state index is 12.0. The number of carbonyl (C=O) groups excluding carboxylic acids is 1. The van der Waals surface area contributed by atoms with Gasteiger partial charge in [0, 0.05) is 17.1 Å². The highest BCUT2D eigenvalue weighted by molar-refractivity contribution is 7.99. The van der Waals surface area contributed by atoms with E-state index in [1.807, 2.05) is 61.5 Å². The minimum absolute atomic E-state index is 0.0247. The van der Waals surface area contributed by atoms with Gasteiger partial charge in [-0.1, -0.05) is 30.3 Å². The van der Waals surface area contributed by atoms with Crippen molar-refractivity contribution in [2.45, 2.75) is 17.9 Å². The van der Waals surface area contributed by atoms with Crippen LogP contribution in [-0.2, 0) is 10.5 Å². The summed E-state index contributed by atoms with van der Waals surface area (Å²) in [6, 6.07) is 17.2. The summed E-state index contributed by atoms with van der Waals surface area (Å²) in [6.07, 6.45) is 0. The number of nitrogens with two attached hydrogens (primary N) is 1. The predicted molar refractivity (Wildman–Crippen MR) is 86.7 cm³/mol. The quantitative estimate of drug-likeness (QED) is 0.827. The molecule has 3 nitrogen and oxygen atoms in total. The molecule has 0 spiro atoms. The Kier molecular flexibility index (Phi) is 5.07. The number of thioether (sulfide) groups is 1. The molecule has 104 valence electrons. The third-order valence-electron chi connectivity index (χ3n) is 2.89. The van der Waals surface area contributed by atoms with Gasteiger partial charge in [-0.05, 0) is 36.8 Å². The Labute approximate surface area is 123 Å². The van der Waals surface area contributed by atoms with E-state index in [9.17, 15) is 4.79 Å². The normalized spacial score (nSPS) is 11.8. The monoisotopic (exact) mass is 286 g/mol. The maximum Gasteiger partial charge on any atom is 0.237 e. The number of nitrogen functional groups attached to an aromatic ring is 1. The summed E-state index contributed by atoms with van der Waals surface area (Å²) in [5.74, 6) is 0.820. The number of hydrogen-bond acceptors (Lipinski definition) is 3. The van der Waals surface area contributed by atoms with Crippen molar-refractivity contribution in [2.75, 3.05) is 11.1 Å². The largest absolute Gasteiger partial charge is 0.399 e. The molecule has 2 aromatic carbocycles. The standard InChI is InChI=1S/C16H18N2OS/c1-12(16(19)18-15-5-3-2-4-6-15)20-11-13-7-9-14(17)10-8-13/h2-10,12H,11,17H2,1H3,(H,18,19). The molecule has 0 heterocycles. The Bertz CT molecular complexity index is 554. The lowest BCUT2D eigenvalue weighted by Crippen LogP contribution is -2.22. The Balaban J connectivity index is 1.83. The Morgan fingerprint density at radius 3 is 2.45 bits per heavy atom. The molecule has 0 aliphatic rings. The van der Waals surface area contributed by atoms with Crippen LogP contribution in [0.3, 0.4) is 0 Å². The van der Waals surface area contributed by atoms with E-state index in [0.717, 1.165) is 17.1 Å². The van der Waals surface area contributed by atoms with Crippen LogP contribution in [-0.4, -0.2) is 11.2 Å². The lowest BCUT2D eigenvalue weighted by Gasteiger charge is -2.12. The van der Waals surface area contributed by atoms with Crippen LogP contribution < -0.4 is 11.1 Å². The van der Waals surface area contributed by atoms with Crippen molar-refractivity contribution in [1.29, 1.82) is 0 Å². The maximum absolute atomic E-state index is 12.0. The Hall–Kier alpha value is -1.94. The molecule has 0 radical (unpaired) electrons. The van der Waals surface area contributed by atoms with E-state index in [0.29, 0.717) is 0 Å². The summed E-state index contributed by atoms with van der Waals surface area (Å²) in [5.41, 5.74) is 8.40. The van der Waals surface area contributed by atoms with Gasteiger partial charge in [-0.25, -0.2) is 0 Å². The zero-order chi connectivity index (χ0) is 14.4. The van der Waals surface area contributed by atoms with E-state index < -0.39 is 0 Å². The molecule has 0 saturated carbocycles. The van der Waals surface area contributed by atoms with E-state index in [-0.39, 0.29) is 11.2 Å². The molecule has 0 aliphatic heterocycles. The first-order valence-corrected chi connectivity index (χ1v) is 7.52. The number of nitrogens with one attached hydrogen (secondary N) is 1. The van der Waals surface area contributed by atoms with E-state index in [1.54, 1.807) is 11.8 Å². The molecule has 0 bridgehead atoms. The zero-order valence-electron chi connectivity index (χ0n) is 11.4. The number of amides is 1. The molecule has 0 aromatic heterocycles. The van der Waals surface area contributed by atoms with Crippen molar-refractivity contribution in [2.24, 2.45) is 0 Å². The fourth-order valence-electron chi connectivity index (χ4n) is 1.68. The second-order valence-electron chi connectivity index (χ2n) is 4.55. The molecule has 1 atom stereocenters. The van der Waals surface area contributed by atoms with Gasteiger partial charge in [-0.3, -0.25) is 4.79 Å². The zero-order valence-corrected chi connectivity index (χ0v) is 12.2. The average molecular weight is 286 g/mol. The van der Waals surface area contributed by atoms with Gasteiger partial charge in [-0.2, -0.15) is 0 Å². The van der Waals surface area contributed by atoms with E-state index in [1.165, 1.54) is 5.56 Å². The Morgan fingerprint density at radius 1 is 1.15 bits per heavy atom. The minimum Gasteiger partial charge on any atom is -0.399 e. The van der Waals surface area contributed by atoms with Crippen molar-refractivity contribution in [1.82, 2.24) is 0 Å². The number of rotatable bonds is 5. The fourth-order valence-corrected chi connectivity index (χ4v) is 2.52. The van der Waals surface area contributed by atoms with E-state index in [4.69, 9.17) is 5.73 Å². The van der Waals surface area contributed by atoms with Crippen LogP contribution in [0, 0.1) is 0 Å². The van der Waals surface area contributed by atoms with Crippen molar-refractivity contribution in [3.05, 3.63) is 60.2 Å². The SMILES string of the molecule is CC(SCc1ccc(N)cc1)C(=O)Nc1ccccc1. The molecular formula is C16H18N2OS. The molecule has 0 aliphatic carbocycles. The number of anilines is 2. The molecule has 4 heteroatoms. The second-order valence-corrected chi connectivity index (χ2v) is 5.88. The fraction of sp³-hybridized carbons (Fsp3) is 0.188. The molecular weight excluding hydrogens is 268 g/mol. The molecule has 20 heavy (non-hydrogen) atoms. The van der Waals surface area contributed by atoms with Gasteiger partial charge >= 0.3 is 0 Å². The predicted octanol–water partition coefficient (Wildman–Crippen LogP) is 3.53. The van der Waals surface area contributed by atoms with Gasteiger partial charge in [0.2, 0.25) is 5.91 Å². The van der Waals surface area contributed by atoms with Gasteiger partial charge in [0.15, 0.2) is 0 Å². The van der Waals surface area contributed by atoms with Crippen LogP contribution in [0.15, 0.2) is 54.6 Å². The highest BCUT2D eigenvalue weighted by Gasteiger charge is 2.13. The van der Waals surface area contributed by atoms with Crippen molar-refractivity contribution >= 4 is 29.0 Å². The van der Waals surface area contributed by atoms with Crippen LogP contribution in [0.4, 0.5) is 11.4 Å². The number of benzene rings is 2. The molecule has 0 saturated heterocycles. The first-order valence-electron chi connectivity index (χ1n) is 6.47. The first-order chi connectivity index (χ1) is 9.65. The third kappa shape index (κ3) is 4.31. The lowest BCUT2D eigenvalue weighted by atomic mass is 10.2. The van der Waals surface area contributed by atoms with Gasteiger partial charge in [-0.15, -0.1) is 11.8 Å². The summed E-state index contributed by atoms with van der Waals surface area (Å²) in [4.78, 5) is 12.0. The summed E-state index contributed by atoms with van der Waals surface area (Å²) in [6.45, 7) is 1.92. The minimum atomic E-state index is -0.104. The first kappa shape index (κ1) is 14.5. The van der Waals surface area contributed by atoms with Gasteiger partial charge in [0.1, 0.15) is 0 Å². The lowest BCUT2D eigenvalue weighted by molar-refractivity contribution is -0.115. The van der Waals surface area contributed by atoms with E-state index in [2.05, 4.69) is 5.32 Å². The number of hydrogen-bond donors (Lipinski definition) is 2. The summed E-state index contributed by atoms with van der Waals surface area (Å²) in [5, 5.41) is 2.80. The van der Waals surface area contributed by atoms with Crippen LogP contribution >= 0.6 is 11.8 Å². The molecule has 1 amide bonds. The number of para-hydroxylation sites is 1. The number of carbonyl (C=O) groups is 1. The summed E-state index contributed by atoms with van der Waals surface area (Å²) >= 11 is 1.61. The van der Waals surface area contributed by atoms with Crippen LogP contribution in [0.25, 0.3) is 0 Å². The van der Waals surface area contributed by atoms with E-state index >= 15 is 0 Å². The van der Waals surface area contributed by atoms with Crippen molar-refractivity contribution in [3.8, 4) is 0 Å². The molecule has 2 rings (SSSR count). The highest BCUT2D eigenvalue weighted by atomic mass is 32.2. The van der Waals surface area contributed by atoms with Crippen molar-refractivity contribution in [3.63, 3.8) is 0 Å². The van der Waals surface area contributed by atoms with Gasteiger partial charge < -0.3 is 11.1 Å². The van der Waals surface area contributed by atoms with Crippen LogP contribution in [0.5, 0.6) is 0 Å². The molecule has 2 aromatic rings. The smallest absolute Gasteiger partial charge is 0.237 e. The van der Waals surface area contributed by atoms with Gasteiger partial charge in [0.25, 0.3) is 0 Å². The second kappa shape index (κ2) is 7.01. The average Bonchev–Trinajstić information content (AvgIpc) is 2.47. The van der Waals surface area contributed by atoms with Crippen LogP contribution in [0.1, 0.15) is 12.5 Å².